The molecule has 0 fully saturated rings. The zero-order valence-corrected chi connectivity index (χ0v) is 10.2. The van der Waals surface area contributed by atoms with Crippen molar-refractivity contribution in [2.24, 2.45) is 0 Å². The molecular formula is C14H21NO. The Morgan fingerprint density at radius 1 is 1.44 bits per heavy atom. The number of hydrogen-bond acceptors (Lipinski definition) is 2. The van der Waals surface area contributed by atoms with E-state index in [1.165, 1.54) is 29.7 Å². The Kier molecular flexibility index (Phi) is 3.62. The molecule has 0 amide bonds. The molecule has 88 valence electrons. The number of nitrogens with zero attached hydrogens (tertiary/aromatic N) is 1. The number of benzene rings is 1. The van der Waals surface area contributed by atoms with Crippen LogP contribution in [0.25, 0.3) is 0 Å². The van der Waals surface area contributed by atoms with Gasteiger partial charge < -0.3 is 10.0 Å². The van der Waals surface area contributed by atoms with Crippen LogP contribution in [-0.2, 0) is 19.4 Å². The lowest BCUT2D eigenvalue weighted by Gasteiger charge is -2.15. The molecule has 1 aliphatic rings. The molecule has 2 rings (SSSR count). The molecule has 0 aliphatic carbocycles. The molecule has 2 heteroatoms. The second-order valence-electron chi connectivity index (χ2n) is 4.95. The van der Waals surface area contributed by atoms with Crippen LogP contribution in [0, 0.1) is 0 Å². The zero-order valence-electron chi connectivity index (χ0n) is 10.2. The molecule has 0 saturated heterocycles. The standard InChI is InChI=1S/C14H21NO/c1-11(16)9-12-5-3-6-13-10-15(2)8-4-7-14(12)13/h3,5-6,11,16H,4,7-10H2,1-2H3. The molecule has 1 heterocycles. The molecule has 0 spiro atoms. The van der Waals surface area contributed by atoms with Crippen molar-refractivity contribution in [3.63, 3.8) is 0 Å². The van der Waals surface area contributed by atoms with Crippen LogP contribution in [0.4, 0.5) is 0 Å². The average molecular weight is 219 g/mol. The van der Waals surface area contributed by atoms with Crippen LogP contribution in [0.5, 0.6) is 0 Å². The van der Waals surface area contributed by atoms with Crippen LogP contribution >= 0.6 is 0 Å². The van der Waals surface area contributed by atoms with Crippen molar-refractivity contribution in [2.75, 3.05) is 13.6 Å². The van der Waals surface area contributed by atoms with Crippen LogP contribution < -0.4 is 0 Å². The van der Waals surface area contributed by atoms with Crippen LogP contribution in [0.15, 0.2) is 18.2 Å². The van der Waals surface area contributed by atoms with Crippen LogP contribution in [-0.4, -0.2) is 29.7 Å². The monoisotopic (exact) mass is 219 g/mol. The minimum absolute atomic E-state index is 0.243. The van der Waals surface area contributed by atoms with Crippen LogP contribution in [0.3, 0.4) is 0 Å². The molecule has 16 heavy (non-hydrogen) atoms. The third-order valence-electron chi connectivity index (χ3n) is 3.29. The van der Waals surface area contributed by atoms with E-state index in [1.807, 2.05) is 6.92 Å². The van der Waals surface area contributed by atoms with Crippen molar-refractivity contribution in [3.05, 3.63) is 34.9 Å². The fraction of sp³-hybridized carbons (Fsp3) is 0.571. The highest BCUT2D eigenvalue weighted by atomic mass is 16.3. The van der Waals surface area contributed by atoms with Crippen molar-refractivity contribution in [3.8, 4) is 0 Å². The van der Waals surface area contributed by atoms with Gasteiger partial charge in [0.1, 0.15) is 0 Å². The van der Waals surface area contributed by atoms with Gasteiger partial charge in [-0.3, -0.25) is 0 Å². The summed E-state index contributed by atoms with van der Waals surface area (Å²) in [6.07, 6.45) is 2.92. The van der Waals surface area contributed by atoms with Gasteiger partial charge in [-0.15, -0.1) is 0 Å². The summed E-state index contributed by atoms with van der Waals surface area (Å²) in [5, 5.41) is 9.52. The summed E-state index contributed by atoms with van der Waals surface area (Å²) >= 11 is 0. The summed E-state index contributed by atoms with van der Waals surface area (Å²) in [5.74, 6) is 0. The highest BCUT2D eigenvalue weighted by molar-refractivity contribution is 5.36. The lowest BCUT2D eigenvalue weighted by atomic mass is 9.94. The summed E-state index contributed by atoms with van der Waals surface area (Å²) in [5.41, 5.74) is 4.26. The quantitative estimate of drug-likeness (QED) is 0.822. The molecule has 1 unspecified atom stereocenters. The second-order valence-corrected chi connectivity index (χ2v) is 4.95. The summed E-state index contributed by atoms with van der Waals surface area (Å²) < 4.78 is 0. The Hall–Kier alpha value is -0.860. The fourth-order valence-electron chi connectivity index (χ4n) is 2.56. The van der Waals surface area contributed by atoms with E-state index in [-0.39, 0.29) is 6.10 Å². The van der Waals surface area contributed by atoms with Crippen LogP contribution in [0.2, 0.25) is 0 Å². The largest absolute Gasteiger partial charge is 0.393 e. The normalized spacial score (nSPS) is 18.9. The fourth-order valence-corrected chi connectivity index (χ4v) is 2.56. The van der Waals surface area contributed by atoms with E-state index < -0.39 is 0 Å². The number of aliphatic hydroxyl groups is 1. The predicted octanol–water partition coefficient (Wildman–Crippen LogP) is 1.99. The smallest absolute Gasteiger partial charge is 0.0552 e. The van der Waals surface area contributed by atoms with Gasteiger partial charge in [-0.1, -0.05) is 18.2 Å². The molecule has 0 radical (unpaired) electrons. The van der Waals surface area contributed by atoms with Gasteiger partial charge in [0.2, 0.25) is 0 Å². The molecule has 1 aromatic rings. The molecule has 2 nitrogen and oxygen atoms in total. The van der Waals surface area contributed by atoms with E-state index in [9.17, 15) is 5.11 Å². The predicted molar refractivity (Wildman–Crippen MR) is 66.5 cm³/mol. The Labute approximate surface area is 97.9 Å². The Morgan fingerprint density at radius 3 is 3.00 bits per heavy atom. The van der Waals surface area contributed by atoms with Gasteiger partial charge in [0.25, 0.3) is 0 Å². The third kappa shape index (κ3) is 2.63. The highest BCUT2D eigenvalue weighted by Gasteiger charge is 2.14. The van der Waals surface area contributed by atoms with E-state index in [0.29, 0.717) is 0 Å². The van der Waals surface area contributed by atoms with Gasteiger partial charge >= 0.3 is 0 Å². The summed E-state index contributed by atoms with van der Waals surface area (Å²) in [4.78, 5) is 2.37. The summed E-state index contributed by atoms with van der Waals surface area (Å²) in [6, 6.07) is 6.51. The maximum Gasteiger partial charge on any atom is 0.0552 e. The maximum absolute atomic E-state index is 9.52. The first-order valence-corrected chi connectivity index (χ1v) is 6.13. The number of hydrogen-bond donors (Lipinski definition) is 1. The van der Waals surface area contributed by atoms with Gasteiger partial charge in [-0.2, -0.15) is 0 Å². The van der Waals surface area contributed by atoms with Gasteiger partial charge in [-0.05, 0) is 56.5 Å². The molecule has 0 saturated carbocycles. The maximum atomic E-state index is 9.52. The SMILES string of the molecule is CC(O)Cc1cccc2c1CCCN(C)C2. The lowest BCUT2D eigenvalue weighted by molar-refractivity contribution is 0.195. The van der Waals surface area contributed by atoms with Crippen molar-refractivity contribution in [2.45, 2.75) is 38.8 Å². The molecule has 1 N–H and O–H groups in total. The first kappa shape index (κ1) is 11.6. The van der Waals surface area contributed by atoms with E-state index in [2.05, 4.69) is 30.1 Å². The van der Waals surface area contributed by atoms with Gasteiger partial charge in [-0.25, -0.2) is 0 Å². The van der Waals surface area contributed by atoms with Crippen molar-refractivity contribution >= 4 is 0 Å². The van der Waals surface area contributed by atoms with E-state index in [0.717, 1.165) is 19.4 Å². The molecule has 0 bridgehead atoms. The van der Waals surface area contributed by atoms with Crippen molar-refractivity contribution in [1.82, 2.24) is 4.90 Å². The van der Waals surface area contributed by atoms with Crippen molar-refractivity contribution in [1.29, 1.82) is 0 Å². The van der Waals surface area contributed by atoms with Gasteiger partial charge in [0.05, 0.1) is 6.10 Å². The highest BCUT2D eigenvalue weighted by Crippen LogP contribution is 2.22. The average Bonchev–Trinajstić information content (AvgIpc) is 2.38. The molecule has 0 aromatic heterocycles. The summed E-state index contributed by atoms with van der Waals surface area (Å²) in [7, 11) is 2.18. The van der Waals surface area contributed by atoms with Crippen LogP contribution in [0.1, 0.15) is 30.0 Å². The minimum atomic E-state index is -0.243. The van der Waals surface area contributed by atoms with E-state index in [4.69, 9.17) is 0 Å². The first-order chi connectivity index (χ1) is 7.66. The molecular weight excluding hydrogens is 198 g/mol. The summed E-state index contributed by atoms with van der Waals surface area (Å²) in [6.45, 7) is 4.08. The Morgan fingerprint density at radius 2 is 2.25 bits per heavy atom. The topological polar surface area (TPSA) is 23.5 Å². The molecule has 1 aliphatic heterocycles. The van der Waals surface area contributed by atoms with Crippen molar-refractivity contribution < 1.29 is 5.11 Å². The number of fused-ring (bicyclic) bond motifs is 1. The van der Waals surface area contributed by atoms with E-state index in [1.54, 1.807) is 0 Å². The molecule has 1 atom stereocenters. The number of aliphatic hydroxyl groups excluding tert-OH is 1. The Balaban J connectivity index is 2.31. The zero-order chi connectivity index (χ0) is 11.5. The first-order valence-electron chi connectivity index (χ1n) is 6.13. The van der Waals surface area contributed by atoms with Gasteiger partial charge in [0, 0.05) is 6.54 Å². The second kappa shape index (κ2) is 4.98. The third-order valence-corrected chi connectivity index (χ3v) is 3.29. The van der Waals surface area contributed by atoms with Gasteiger partial charge in [0.15, 0.2) is 0 Å². The minimum Gasteiger partial charge on any atom is -0.393 e. The van der Waals surface area contributed by atoms with E-state index >= 15 is 0 Å². The number of rotatable bonds is 2. The molecule has 1 aromatic carbocycles. The lowest BCUT2D eigenvalue weighted by Crippen LogP contribution is -2.17. The Bertz CT molecular complexity index is 360.